The molecule has 1 saturated carbocycles. The van der Waals surface area contributed by atoms with Gasteiger partial charge in [-0.3, -0.25) is 4.68 Å². The second-order valence-electron chi connectivity index (χ2n) is 4.98. The lowest BCUT2D eigenvalue weighted by atomic mass is 10.1. The molecule has 0 amide bonds. The summed E-state index contributed by atoms with van der Waals surface area (Å²) in [6, 6.07) is 5.81. The standard InChI is InChI=1S/C14H15Cl2N3/c15-9-5-6-12(16)11(7-9)14-13(17)8-19(18-14)10-3-1-2-4-10/h5-8,10H,1-4,17H2. The van der Waals surface area contributed by atoms with Crippen LogP contribution >= 0.6 is 23.2 Å². The summed E-state index contributed by atoms with van der Waals surface area (Å²) in [5.74, 6) is 0. The highest BCUT2D eigenvalue weighted by atomic mass is 35.5. The van der Waals surface area contributed by atoms with Gasteiger partial charge in [-0.25, -0.2) is 0 Å². The summed E-state index contributed by atoms with van der Waals surface area (Å²) in [5, 5.41) is 5.86. The number of anilines is 1. The van der Waals surface area contributed by atoms with E-state index >= 15 is 0 Å². The third-order valence-electron chi connectivity index (χ3n) is 3.64. The third-order valence-corrected chi connectivity index (χ3v) is 4.21. The molecule has 2 aromatic rings. The first-order valence-corrected chi connectivity index (χ1v) is 7.21. The number of aromatic nitrogens is 2. The van der Waals surface area contributed by atoms with Crippen LogP contribution in [0.15, 0.2) is 24.4 Å². The molecule has 2 N–H and O–H groups in total. The molecule has 1 aromatic carbocycles. The fourth-order valence-corrected chi connectivity index (χ4v) is 3.03. The Labute approximate surface area is 122 Å². The molecule has 0 atom stereocenters. The Bertz CT molecular complexity index is 601. The van der Waals surface area contributed by atoms with Crippen molar-refractivity contribution in [1.29, 1.82) is 0 Å². The van der Waals surface area contributed by atoms with Crippen LogP contribution in [0.3, 0.4) is 0 Å². The Morgan fingerprint density at radius 3 is 2.68 bits per heavy atom. The summed E-state index contributed by atoms with van der Waals surface area (Å²) in [4.78, 5) is 0. The molecule has 100 valence electrons. The Kier molecular flexibility index (Phi) is 3.42. The molecule has 19 heavy (non-hydrogen) atoms. The minimum atomic E-state index is 0.467. The highest BCUT2D eigenvalue weighted by Gasteiger charge is 2.20. The van der Waals surface area contributed by atoms with E-state index in [1.165, 1.54) is 25.7 Å². The van der Waals surface area contributed by atoms with E-state index < -0.39 is 0 Å². The number of nitrogen functional groups attached to an aromatic ring is 1. The number of nitrogens with two attached hydrogens (primary N) is 1. The van der Waals surface area contributed by atoms with Gasteiger partial charge in [0.25, 0.3) is 0 Å². The number of halogens is 2. The monoisotopic (exact) mass is 295 g/mol. The van der Waals surface area contributed by atoms with Crippen molar-refractivity contribution in [3.05, 3.63) is 34.4 Å². The Hall–Kier alpha value is -1.19. The van der Waals surface area contributed by atoms with Crippen LogP contribution in [0.2, 0.25) is 10.0 Å². The first-order chi connectivity index (χ1) is 9.15. The van der Waals surface area contributed by atoms with Crippen LogP contribution in [0.25, 0.3) is 11.3 Å². The lowest BCUT2D eigenvalue weighted by molar-refractivity contribution is 0.468. The van der Waals surface area contributed by atoms with Crippen LogP contribution in [-0.4, -0.2) is 9.78 Å². The molecule has 0 unspecified atom stereocenters. The quantitative estimate of drug-likeness (QED) is 0.883. The van der Waals surface area contributed by atoms with E-state index in [9.17, 15) is 0 Å². The van der Waals surface area contributed by atoms with Crippen molar-refractivity contribution in [3.8, 4) is 11.3 Å². The van der Waals surface area contributed by atoms with E-state index in [1.54, 1.807) is 12.1 Å². The van der Waals surface area contributed by atoms with Crippen LogP contribution in [-0.2, 0) is 0 Å². The molecule has 0 aliphatic heterocycles. The maximum atomic E-state index is 6.21. The normalized spacial score (nSPS) is 16.1. The zero-order valence-electron chi connectivity index (χ0n) is 10.4. The fourth-order valence-electron chi connectivity index (χ4n) is 2.65. The van der Waals surface area contributed by atoms with Gasteiger partial charge in [0.1, 0.15) is 5.69 Å². The van der Waals surface area contributed by atoms with Crippen molar-refractivity contribution in [2.45, 2.75) is 31.7 Å². The van der Waals surface area contributed by atoms with Gasteiger partial charge in [-0.15, -0.1) is 0 Å². The van der Waals surface area contributed by atoms with Gasteiger partial charge in [0, 0.05) is 16.8 Å². The predicted octanol–water partition coefficient (Wildman–Crippen LogP) is 4.55. The molecule has 0 bridgehead atoms. The van der Waals surface area contributed by atoms with Crippen molar-refractivity contribution in [2.75, 3.05) is 5.73 Å². The summed E-state index contributed by atoms with van der Waals surface area (Å²) in [7, 11) is 0. The zero-order chi connectivity index (χ0) is 13.4. The van der Waals surface area contributed by atoms with Gasteiger partial charge in [0.2, 0.25) is 0 Å². The Morgan fingerprint density at radius 1 is 1.21 bits per heavy atom. The SMILES string of the molecule is Nc1cn(C2CCCC2)nc1-c1cc(Cl)ccc1Cl. The van der Waals surface area contributed by atoms with Gasteiger partial charge in [0.15, 0.2) is 0 Å². The number of benzene rings is 1. The van der Waals surface area contributed by atoms with E-state index in [0.29, 0.717) is 21.8 Å². The smallest absolute Gasteiger partial charge is 0.117 e. The maximum absolute atomic E-state index is 6.21. The van der Waals surface area contributed by atoms with E-state index in [2.05, 4.69) is 5.10 Å². The predicted molar refractivity (Wildman–Crippen MR) is 79.6 cm³/mol. The Balaban J connectivity index is 2.02. The molecule has 1 aliphatic rings. The second-order valence-corrected chi connectivity index (χ2v) is 5.82. The number of hydrogen-bond acceptors (Lipinski definition) is 2. The van der Waals surface area contributed by atoms with Gasteiger partial charge < -0.3 is 5.73 Å². The maximum Gasteiger partial charge on any atom is 0.117 e. The van der Waals surface area contributed by atoms with Gasteiger partial charge in [-0.2, -0.15) is 5.10 Å². The summed E-state index contributed by atoms with van der Waals surface area (Å²) >= 11 is 12.2. The second kappa shape index (κ2) is 5.06. The molecule has 3 nitrogen and oxygen atoms in total. The Morgan fingerprint density at radius 2 is 1.95 bits per heavy atom. The number of rotatable bonds is 2. The van der Waals surface area contributed by atoms with E-state index in [4.69, 9.17) is 28.9 Å². The van der Waals surface area contributed by atoms with E-state index in [0.717, 1.165) is 11.3 Å². The molecule has 0 spiro atoms. The summed E-state index contributed by atoms with van der Waals surface area (Å²) in [6.07, 6.45) is 6.77. The van der Waals surface area contributed by atoms with Crippen LogP contribution in [0.1, 0.15) is 31.7 Å². The minimum Gasteiger partial charge on any atom is -0.396 e. The number of hydrogen-bond donors (Lipinski definition) is 1. The summed E-state index contributed by atoms with van der Waals surface area (Å²) in [6.45, 7) is 0. The molecule has 1 heterocycles. The minimum absolute atomic E-state index is 0.467. The number of nitrogens with zero attached hydrogens (tertiary/aromatic N) is 2. The largest absolute Gasteiger partial charge is 0.396 e. The molecule has 1 fully saturated rings. The van der Waals surface area contributed by atoms with Gasteiger partial charge in [0.05, 0.1) is 16.8 Å². The lowest BCUT2D eigenvalue weighted by Crippen LogP contribution is -2.04. The van der Waals surface area contributed by atoms with Crippen LogP contribution < -0.4 is 5.73 Å². The molecule has 1 aliphatic carbocycles. The van der Waals surface area contributed by atoms with Gasteiger partial charge in [-0.1, -0.05) is 36.0 Å². The van der Waals surface area contributed by atoms with Crippen molar-refractivity contribution >= 4 is 28.9 Å². The molecule has 0 saturated heterocycles. The van der Waals surface area contributed by atoms with Crippen molar-refractivity contribution in [1.82, 2.24) is 9.78 Å². The highest BCUT2D eigenvalue weighted by molar-refractivity contribution is 6.35. The molecule has 1 aromatic heterocycles. The molecule has 0 radical (unpaired) electrons. The lowest BCUT2D eigenvalue weighted by Gasteiger charge is -2.08. The first-order valence-electron chi connectivity index (χ1n) is 6.45. The third kappa shape index (κ3) is 2.45. The van der Waals surface area contributed by atoms with E-state index in [1.807, 2.05) is 16.9 Å². The molecular formula is C14H15Cl2N3. The van der Waals surface area contributed by atoms with Crippen LogP contribution in [0.5, 0.6) is 0 Å². The average molecular weight is 296 g/mol. The first kappa shape index (κ1) is 12.8. The molecule has 5 heteroatoms. The summed E-state index contributed by atoms with van der Waals surface area (Å²) < 4.78 is 1.98. The molecular weight excluding hydrogens is 281 g/mol. The highest BCUT2D eigenvalue weighted by Crippen LogP contribution is 2.36. The topological polar surface area (TPSA) is 43.8 Å². The van der Waals surface area contributed by atoms with Crippen LogP contribution in [0, 0.1) is 0 Å². The van der Waals surface area contributed by atoms with Crippen molar-refractivity contribution in [2.24, 2.45) is 0 Å². The summed E-state index contributed by atoms with van der Waals surface area (Å²) in [5.41, 5.74) is 8.24. The fraction of sp³-hybridized carbons (Fsp3) is 0.357. The van der Waals surface area contributed by atoms with Crippen molar-refractivity contribution < 1.29 is 0 Å². The average Bonchev–Trinajstić information content (AvgIpc) is 3.01. The molecule has 3 rings (SSSR count). The zero-order valence-corrected chi connectivity index (χ0v) is 12.0. The van der Waals surface area contributed by atoms with Gasteiger partial charge >= 0.3 is 0 Å². The van der Waals surface area contributed by atoms with E-state index in [-0.39, 0.29) is 0 Å². The van der Waals surface area contributed by atoms with Crippen LogP contribution in [0.4, 0.5) is 5.69 Å². The van der Waals surface area contributed by atoms with Crippen molar-refractivity contribution in [3.63, 3.8) is 0 Å². The van der Waals surface area contributed by atoms with Gasteiger partial charge in [-0.05, 0) is 31.0 Å².